The maximum Gasteiger partial charge on any atom is 0.274 e. The highest BCUT2D eigenvalue weighted by Gasteiger charge is 2.15. The number of thiazole rings is 1. The lowest BCUT2D eigenvalue weighted by Gasteiger charge is -2.04. The standard InChI is InChI=1S/C19H13F2N3OS/c1-24-16-9-14(21)7-4-12(16)8-17(24)18(25)23-19-22-15(10-26-19)11-2-5-13(20)6-3-11/h2-10H,1H3,(H,22,23,25). The van der Waals surface area contributed by atoms with Gasteiger partial charge in [0.2, 0.25) is 0 Å². The number of rotatable bonds is 3. The molecule has 2 aromatic carbocycles. The van der Waals surface area contributed by atoms with Crippen LogP contribution in [0.4, 0.5) is 13.9 Å². The molecule has 0 radical (unpaired) electrons. The largest absolute Gasteiger partial charge is 0.340 e. The lowest BCUT2D eigenvalue weighted by atomic mass is 10.2. The second kappa shape index (κ2) is 6.34. The van der Waals surface area contributed by atoms with Crippen molar-refractivity contribution < 1.29 is 13.6 Å². The van der Waals surface area contributed by atoms with E-state index in [0.29, 0.717) is 22.0 Å². The minimum absolute atomic E-state index is 0.315. The van der Waals surface area contributed by atoms with E-state index < -0.39 is 0 Å². The molecule has 0 unspecified atom stereocenters. The molecule has 0 bridgehead atoms. The van der Waals surface area contributed by atoms with E-state index in [-0.39, 0.29) is 17.5 Å². The van der Waals surface area contributed by atoms with Crippen LogP contribution in [0.2, 0.25) is 0 Å². The van der Waals surface area contributed by atoms with Crippen molar-refractivity contribution in [2.24, 2.45) is 7.05 Å². The number of nitrogens with one attached hydrogen (secondary N) is 1. The second-order valence-corrected chi connectivity index (χ2v) is 6.65. The molecule has 0 atom stereocenters. The van der Waals surface area contributed by atoms with Gasteiger partial charge in [0, 0.05) is 23.4 Å². The number of halogens is 2. The molecule has 130 valence electrons. The number of aromatic nitrogens is 2. The number of carbonyl (C=O) groups is 1. The van der Waals surface area contributed by atoms with Gasteiger partial charge in [-0.2, -0.15) is 0 Å². The van der Waals surface area contributed by atoms with Crippen molar-refractivity contribution in [3.05, 3.63) is 71.2 Å². The van der Waals surface area contributed by atoms with E-state index in [9.17, 15) is 13.6 Å². The van der Waals surface area contributed by atoms with Crippen LogP contribution >= 0.6 is 11.3 Å². The molecule has 4 nitrogen and oxygen atoms in total. The Kier molecular flexibility index (Phi) is 4.00. The molecular weight excluding hydrogens is 356 g/mol. The van der Waals surface area contributed by atoms with Crippen molar-refractivity contribution in [3.63, 3.8) is 0 Å². The van der Waals surface area contributed by atoms with Crippen LogP contribution in [0.15, 0.2) is 53.9 Å². The summed E-state index contributed by atoms with van der Waals surface area (Å²) in [4.78, 5) is 16.9. The Labute approximate surface area is 151 Å². The first-order valence-electron chi connectivity index (χ1n) is 7.79. The summed E-state index contributed by atoms with van der Waals surface area (Å²) in [5.74, 6) is -0.997. The van der Waals surface area contributed by atoms with Gasteiger partial charge >= 0.3 is 0 Å². The van der Waals surface area contributed by atoms with E-state index in [1.807, 2.05) is 0 Å². The van der Waals surface area contributed by atoms with Crippen molar-refractivity contribution in [3.8, 4) is 11.3 Å². The lowest BCUT2D eigenvalue weighted by Crippen LogP contribution is -2.15. The van der Waals surface area contributed by atoms with Gasteiger partial charge in [-0.25, -0.2) is 13.8 Å². The van der Waals surface area contributed by atoms with Gasteiger partial charge in [-0.3, -0.25) is 10.1 Å². The van der Waals surface area contributed by atoms with Crippen LogP contribution < -0.4 is 5.32 Å². The summed E-state index contributed by atoms with van der Waals surface area (Å²) in [7, 11) is 1.71. The highest BCUT2D eigenvalue weighted by atomic mass is 32.1. The van der Waals surface area contributed by atoms with Crippen molar-refractivity contribution in [2.45, 2.75) is 0 Å². The SMILES string of the molecule is Cn1c(C(=O)Nc2nc(-c3ccc(F)cc3)cs2)cc2ccc(F)cc21. The van der Waals surface area contributed by atoms with Crippen LogP contribution in [0, 0.1) is 11.6 Å². The quantitative estimate of drug-likeness (QED) is 0.562. The molecule has 2 heterocycles. The highest BCUT2D eigenvalue weighted by molar-refractivity contribution is 7.14. The second-order valence-electron chi connectivity index (χ2n) is 5.79. The summed E-state index contributed by atoms with van der Waals surface area (Å²) in [6.45, 7) is 0. The van der Waals surface area contributed by atoms with Crippen LogP contribution in [0.1, 0.15) is 10.5 Å². The number of carbonyl (C=O) groups excluding carboxylic acids is 1. The van der Waals surface area contributed by atoms with E-state index in [0.717, 1.165) is 10.9 Å². The fourth-order valence-corrected chi connectivity index (χ4v) is 3.48. The summed E-state index contributed by atoms with van der Waals surface area (Å²) in [6.07, 6.45) is 0. The van der Waals surface area contributed by atoms with E-state index in [1.54, 1.807) is 41.3 Å². The number of aryl methyl sites for hydroxylation is 1. The van der Waals surface area contributed by atoms with E-state index in [4.69, 9.17) is 0 Å². The van der Waals surface area contributed by atoms with Gasteiger partial charge in [-0.1, -0.05) is 0 Å². The first kappa shape index (κ1) is 16.4. The molecule has 0 aliphatic heterocycles. The Hall–Kier alpha value is -3.06. The van der Waals surface area contributed by atoms with Gasteiger partial charge in [-0.05, 0) is 48.5 Å². The average Bonchev–Trinajstić information content (AvgIpc) is 3.21. The maximum atomic E-state index is 13.4. The molecule has 7 heteroatoms. The molecule has 0 saturated carbocycles. The first-order chi connectivity index (χ1) is 12.5. The molecule has 2 aromatic heterocycles. The lowest BCUT2D eigenvalue weighted by molar-refractivity contribution is 0.101. The van der Waals surface area contributed by atoms with Crippen LogP contribution in [0.25, 0.3) is 22.2 Å². The van der Waals surface area contributed by atoms with Crippen molar-refractivity contribution in [1.82, 2.24) is 9.55 Å². The molecular formula is C19H13F2N3OS. The zero-order valence-corrected chi connectivity index (χ0v) is 14.5. The fourth-order valence-electron chi connectivity index (χ4n) is 2.77. The van der Waals surface area contributed by atoms with Crippen LogP contribution in [0.3, 0.4) is 0 Å². The molecule has 1 amide bonds. The summed E-state index contributed by atoms with van der Waals surface area (Å²) in [5.41, 5.74) is 2.47. The predicted octanol–water partition coefficient (Wildman–Crippen LogP) is 4.83. The molecule has 4 aromatic rings. The maximum absolute atomic E-state index is 13.4. The highest BCUT2D eigenvalue weighted by Crippen LogP contribution is 2.26. The normalized spacial score (nSPS) is 11.0. The zero-order valence-electron chi connectivity index (χ0n) is 13.7. The topological polar surface area (TPSA) is 46.9 Å². The van der Waals surface area contributed by atoms with Crippen LogP contribution in [-0.4, -0.2) is 15.5 Å². The zero-order chi connectivity index (χ0) is 18.3. The van der Waals surface area contributed by atoms with E-state index in [2.05, 4.69) is 10.3 Å². The molecule has 0 aliphatic rings. The number of benzene rings is 2. The third kappa shape index (κ3) is 2.97. The molecule has 0 spiro atoms. The van der Waals surface area contributed by atoms with Gasteiger partial charge in [0.1, 0.15) is 17.3 Å². The van der Waals surface area contributed by atoms with Crippen molar-refractivity contribution in [1.29, 1.82) is 0 Å². The van der Waals surface area contributed by atoms with E-state index >= 15 is 0 Å². The molecule has 4 rings (SSSR count). The number of hydrogen-bond donors (Lipinski definition) is 1. The van der Waals surface area contributed by atoms with Gasteiger partial charge in [0.15, 0.2) is 5.13 Å². The Morgan fingerprint density at radius 3 is 2.58 bits per heavy atom. The molecule has 0 fully saturated rings. The minimum atomic E-state index is -0.352. The number of hydrogen-bond acceptors (Lipinski definition) is 3. The number of nitrogens with zero attached hydrogens (tertiary/aromatic N) is 2. The molecule has 0 saturated heterocycles. The van der Waals surface area contributed by atoms with Crippen LogP contribution in [0.5, 0.6) is 0 Å². The smallest absolute Gasteiger partial charge is 0.274 e. The summed E-state index contributed by atoms with van der Waals surface area (Å²) in [5, 5.41) is 5.77. The fraction of sp³-hybridized carbons (Fsp3) is 0.0526. The summed E-state index contributed by atoms with van der Waals surface area (Å²) < 4.78 is 28.1. The summed E-state index contributed by atoms with van der Waals surface area (Å²) in [6, 6.07) is 12.1. The third-order valence-electron chi connectivity index (χ3n) is 4.10. The number of fused-ring (bicyclic) bond motifs is 1. The molecule has 26 heavy (non-hydrogen) atoms. The average molecular weight is 369 g/mol. The van der Waals surface area contributed by atoms with Crippen molar-refractivity contribution in [2.75, 3.05) is 5.32 Å². The third-order valence-corrected chi connectivity index (χ3v) is 4.86. The van der Waals surface area contributed by atoms with Gasteiger partial charge in [0.05, 0.1) is 11.2 Å². The Bertz CT molecular complexity index is 1120. The Morgan fingerprint density at radius 2 is 1.81 bits per heavy atom. The predicted molar refractivity (Wildman–Crippen MR) is 98.3 cm³/mol. The van der Waals surface area contributed by atoms with Crippen molar-refractivity contribution >= 4 is 33.3 Å². The summed E-state index contributed by atoms with van der Waals surface area (Å²) >= 11 is 1.28. The van der Waals surface area contributed by atoms with Gasteiger partial charge in [0.25, 0.3) is 5.91 Å². The number of amides is 1. The number of anilines is 1. The van der Waals surface area contributed by atoms with Gasteiger partial charge < -0.3 is 4.57 Å². The Balaban J connectivity index is 1.59. The molecule has 1 N–H and O–H groups in total. The van der Waals surface area contributed by atoms with Crippen LogP contribution in [-0.2, 0) is 7.05 Å². The van der Waals surface area contributed by atoms with Gasteiger partial charge in [-0.15, -0.1) is 11.3 Å². The first-order valence-corrected chi connectivity index (χ1v) is 8.67. The molecule has 0 aliphatic carbocycles. The minimum Gasteiger partial charge on any atom is -0.340 e. The monoisotopic (exact) mass is 369 g/mol. The Morgan fingerprint density at radius 1 is 1.08 bits per heavy atom. The van der Waals surface area contributed by atoms with E-state index in [1.165, 1.54) is 35.6 Å².